The molecule has 0 saturated carbocycles. The van der Waals surface area contributed by atoms with E-state index in [1.165, 1.54) is 38.5 Å². The summed E-state index contributed by atoms with van der Waals surface area (Å²) in [6.07, 6.45) is 10.5. The van der Waals surface area contributed by atoms with Crippen molar-refractivity contribution in [3.8, 4) is 0 Å². The van der Waals surface area contributed by atoms with Gasteiger partial charge in [-0.05, 0) is 47.0 Å². The maximum absolute atomic E-state index is 9.50. The quantitative estimate of drug-likeness (QED) is 0.247. The lowest BCUT2D eigenvalue weighted by atomic mass is 9.83. The van der Waals surface area contributed by atoms with Gasteiger partial charge in [-0.3, -0.25) is 0 Å². The van der Waals surface area contributed by atoms with Gasteiger partial charge in [0.15, 0.2) is 5.79 Å². The highest BCUT2D eigenvalue weighted by atomic mass is 16.7. The molecule has 0 aliphatic rings. The average molecular weight is 393 g/mol. The molecule has 1 N–H and O–H groups in total. The maximum atomic E-state index is 9.50. The van der Waals surface area contributed by atoms with Gasteiger partial charge in [-0.2, -0.15) is 0 Å². The topological polar surface area (TPSA) is 38.7 Å². The standard InChI is InChI=1S/C25H44O3/c1-6-7-8-9-10-12-16-24(19-15-20-26)25(27-21(2)3,28-22(4)5)23-17-13-11-14-18-23/h11,13-14,17-18,21-22,24,26H,6-10,12,15-16,19-20H2,1-5H3. The Kier molecular flexibility index (Phi) is 12.7. The van der Waals surface area contributed by atoms with Crippen molar-refractivity contribution in [2.45, 2.75) is 110 Å². The number of benzene rings is 1. The minimum Gasteiger partial charge on any atom is -0.396 e. The van der Waals surface area contributed by atoms with Gasteiger partial charge in [-0.15, -0.1) is 0 Å². The van der Waals surface area contributed by atoms with Gasteiger partial charge in [0.25, 0.3) is 0 Å². The Bertz CT molecular complexity index is 474. The highest BCUT2D eigenvalue weighted by Crippen LogP contribution is 2.42. The number of hydrogen-bond donors (Lipinski definition) is 1. The van der Waals surface area contributed by atoms with E-state index in [-0.39, 0.29) is 24.7 Å². The second-order valence-electron chi connectivity index (χ2n) is 8.49. The number of unbranched alkanes of at least 4 members (excludes halogenated alkanes) is 5. The fraction of sp³-hybridized carbons (Fsp3) is 0.760. The van der Waals surface area contributed by atoms with Crippen LogP contribution in [0.1, 0.15) is 98.0 Å². The Labute approximate surface area is 173 Å². The number of aliphatic hydroxyl groups excluding tert-OH is 1. The molecule has 0 aliphatic heterocycles. The van der Waals surface area contributed by atoms with E-state index in [0.717, 1.165) is 24.8 Å². The van der Waals surface area contributed by atoms with Crippen LogP contribution in [0.25, 0.3) is 0 Å². The number of aliphatic hydroxyl groups is 1. The third kappa shape index (κ3) is 8.63. The van der Waals surface area contributed by atoms with Gasteiger partial charge in [0, 0.05) is 18.1 Å². The largest absolute Gasteiger partial charge is 0.396 e. The Morgan fingerprint density at radius 3 is 1.86 bits per heavy atom. The molecule has 3 heteroatoms. The van der Waals surface area contributed by atoms with Crippen LogP contribution in [0.5, 0.6) is 0 Å². The summed E-state index contributed by atoms with van der Waals surface area (Å²) in [6, 6.07) is 10.4. The molecule has 0 spiro atoms. The number of rotatable bonds is 16. The van der Waals surface area contributed by atoms with E-state index in [1.54, 1.807) is 0 Å². The van der Waals surface area contributed by atoms with E-state index < -0.39 is 5.79 Å². The molecule has 0 amide bonds. The second kappa shape index (κ2) is 14.1. The molecular formula is C25H44O3. The zero-order chi connectivity index (χ0) is 20.8. The molecule has 1 atom stereocenters. The van der Waals surface area contributed by atoms with Crippen molar-refractivity contribution in [1.29, 1.82) is 0 Å². The molecule has 1 aromatic carbocycles. The molecule has 0 bridgehead atoms. The van der Waals surface area contributed by atoms with Crippen LogP contribution in [0, 0.1) is 5.92 Å². The first-order chi connectivity index (χ1) is 13.5. The first kappa shape index (κ1) is 25.1. The third-order valence-electron chi connectivity index (χ3n) is 5.15. The lowest BCUT2D eigenvalue weighted by Gasteiger charge is -2.43. The highest BCUT2D eigenvalue weighted by molar-refractivity contribution is 5.22. The van der Waals surface area contributed by atoms with Crippen LogP contribution in [0.15, 0.2) is 30.3 Å². The summed E-state index contributed by atoms with van der Waals surface area (Å²) in [5, 5.41) is 9.50. The first-order valence-electron chi connectivity index (χ1n) is 11.5. The second-order valence-corrected chi connectivity index (χ2v) is 8.49. The molecule has 1 aromatic rings. The predicted octanol–water partition coefficient (Wildman–Crippen LogP) is 6.83. The van der Waals surface area contributed by atoms with E-state index >= 15 is 0 Å². The van der Waals surface area contributed by atoms with Crippen molar-refractivity contribution in [3.05, 3.63) is 35.9 Å². The number of hydrogen-bond acceptors (Lipinski definition) is 3. The molecule has 3 nitrogen and oxygen atoms in total. The average Bonchev–Trinajstić information content (AvgIpc) is 2.66. The van der Waals surface area contributed by atoms with Crippen LogP contribution in [0.4, 0.5) is 0 Å². The zero-order valence-corrected chi connectivity index (χ0v) is 19.0. The van der Waals surface area contributed by atoms with Crippen molar-refractivity contribution in [2.75, 3.05) is 6.61 Å². The van der Waals surface area contributed by atoms with Crippen LogP contribution >= 0.6 is 0 Å². The zero-order valence-electron chi connectivity index (χ0n) is 19.0. The third-order valence-corrected chi connectivity index (χ3v) is 5.15. The lowest BCUT2D eigenvalue weighted by Crippen LogP contribution is -2.44. The molecule has 0 fully saturated rings. The highest BCUT2D eigenvalue weighted by Gasteiger charge is 2.43. The van der Waals surface area contributed by atoms with E-state index in [2.05, 4.69) is 58.9 Å². The van der Waals surface area contributed by atoms with Crippen molar-refractivity contribution < 1.29 is 14.6 Å². The van der Waals surface area contributed by atoms with Crippen molar-refractivity contribution >= 4 is 0 Å². The van der Waals surface area contributed by atoms with Crippen molar-refractivity contribution in [1.82, 2.24) is 0 Å². The van der Waals surface area contributed by atoms with Crippen LogP contribution in [-0.2, 0) is 15.3 Å². The maximum Gasteiger partial charge on any atom is 0.198 e. The summed E-state index contributed by atoms with van der Waals surface area (Å²) in [4.78, 5) is 0. The van der Waals surface area contributed by atoms with Crippen LogP contribution in [0.2, 0.25) is 0 Å². The molecule has 0 saturated heterocycles. The minimum atomic E-state index is -0.762. The molecular weight excluding hydrogens is 348 g/mol. The van der Waals surface area contributed by atoms with Crippen LogP contribution < -0.4 is 0 Å². The molecule has 0 aliphatic carbocycles. The molecule has 0 radical (unpaired) electrons. The predicted molar refractivity (Wildman–Crippen MR) is 118 cm³/mol. The lowest BCUT2D eigenvalue weighted by molar-refractivity contribution is -0.309. The molecule has 0 aromatic heterocycles. The van der Waals surface area contributed by atoms with Crippen LogP contribution in [0.3, 0.4) is 0 Å². The minimum absolute atomic E-state index is 0.0557. The SMILES string of the molecule is CCCCCCCCC(CCCO)C(OC(C)C)(OC(C)C)c1ccccc1. The van der Waals surface area contributed by atoms with Gasteiger partial charge in [-0.25, -0.2) is 0 Å². The summed E-state index contributed by atoms with van der Waals surface area (Å²) in [6.45, 7) is 10.8. The fourth-order valence-electron chi connectivity index (χ4n) is 4.00. The van der Waals surface area contributed by atoms with Gasteiger partial charge < -0.3 is 14.6 Å². The molecule has 1 unspecified atom stereocenters. The van der Waals surface area contributed by atoms with E-state index in [1.807, 2.05) is 6.07 Å². The van der Waals surface area contributed by atoms with E-state index in [4.69, 9.17) is 9.47 Å². The van der Waals surface area contributed by atoms with Gasteiger partial charge in [0.05, 0.1) is 12.2 Å². The summed E-state index contributed by atoms with van der Waals surface area (Å²) in [5.41, 5.74) is 1.09. The summed E-state index contributed by atoms with van der Waals surface area (Å²) < 4.78 is 13.2. The van der Waals surface area contributed by atoms with Gasteiger partial charge in [0.2, 0.25) is 0 Å². The monoisotopic (exact) mass is 392 g/mol. The summed E-state index contributed by atoms with van der Waals surface area (Å²) in [5.74, 6) is -0.541. The van der Waals surface area contributed by atoms with E-state index in [9.17, 15) is 5.11 Å². The Balaban J connectivity index is 3.09. The van der Waals surface area contributed by atoms with Gasteiger partial charge >= 0.3 is 0 Å². The number of ether oxygens (including phenoxy) is 2. The molecule has 0 heterocycles. The first-order valence-corrected chi connectivity index (χ1v) is 11.5. The van der Waals surface area contributed by atoms with E-state index in [0.29, 0.717) is 0 Å². The fourth-order valence-corrected chi connectivity index (χ4v) is 4.00. The molecule has 162 valence electrons. The summed E-state index contributed by atoms with van der Waals surface area (Å²) >= 11 is 0. The Morgan fingerprint density at radius 1 is 0.786 bits per heavy atom. The van der Waals surface area contributed by atoms with Crippen LogP contribution in [-0.4, -0.2) is 23.9 Å². The molecule has 28 heavy (non-hydrogen) atoms. The van der Waals surface area contributed by atoms with Crippen molar-refractivity contribution in [2.24, 2.45) is 5.92 Å². The Hall–Kier alpha value is -0.900. The molecule has 1 rings (SSSR count). The summed E-state index contributed by atoms with van der Waals surface area (Å²) in [7, 11) is 0. The Morgan fingerprint density at radius 2 is 1.32 bits per heavy atom. The van der Waals surface area contributed by atoms with Crippen molar-refractivity contribution in [3.63, 3.8) is 0 Å². The van der Waals surface area contributed by atoms with Gasteiger partial charge in [-0.1, -0.05) is 75.8 Å². The smallest absolute Gasteiger partial charge is 0.198 e. The normalized spacial score (nSPS) is 13.4. The van der Waals surface area contributed by atoms with Gasteiger partial charge in [0.1, 0.15) is 0 Å².